The van der Waals surface area contributed by atoms with Crippen molar-refractivity contribution in [3.8, 4) is 11.5 Å². The lowest BCUT2D eigenvalue weighted by Crippen LogP contribution is -2.32. The molecule has 148 valence electrons. The zero-order chi connectivity index (χ0) is 20.5. The molecule has 1 atom stereocenters. The summed E-state index contributed by atoms with van der Waals surface area (Å²) in [6.45, 7) is 2.00. The molecule has 2 heterocycles. The molecule has 0 fully saturated rings. The van der Waals surface area contributed by atoms with E-state index >= 15 is 0 Å². The monoisotopic (exact) mass is 409 g/mol. The van der Waals surface area contributed by atoms with Gasteiger partial charge < -0.3 is 14.8 Å². The fourth-order valence-electron chi connectivity index (χ4n) is 3.40. The van der Waals surface area contributed by atoms with Crippen LogP contribution in [-0.4, -0.2) is 25.1 Å². The average molecular weight is 410 g/mol. The van der Waals surface area contributed by atoms with E-state index in [1.807, 2.05) is 31.2 Å². The first-order valence-electron chi connectivity index (χ1n) is 9.06. The molecule has 0 aliphatic carbocycles. The van der Waals surface area contributed by atoms with Gasteiger partial charge in [-0.1, -0.05) is 29.3 Å². The Labute approximate surface area is 174 Å². The Bertz CT molecular complexity index is 1070. The molecule has 7 heteroatoms. The summed E-state index contributed by atoms with van der Waals surface area (Å²) in [5.41, 5.74) is 3.62. The third-order valence-electron chi connectivity index (χ3n) is 4.88. The van der Waals surface area contributed by atoms with Crippen molar-refractivity contribution in [2.45, 2.75) is 13.1 Å². The predicted molar refractivity (Wildman–Crippen MR) is 113 cm³/mol. The zero-order valence-electron chi connectivity index (χ0n) is 16.3. The molecule has 1 unspecified atom stereocenters. The van der Waals surface area contributed by atoms with Gasteiger partial charge in [-0.2, -0.15) is 0 Å². The minimum atomic E-state index is -0.541. The highest BCUT2D eigenvalue weighted by molar-refractivity contribution is 6.33. The molecule has 3 aromatic rings. The van der Waals surface area contributed by atoms with Crippen molar-refractivity contribution in [2.24, 2.45) is 0 Å². The predicted octanol–water partition coefficient (Wildman–Crippen LogP) is 4.83. The SMILES string of the molecule is COc1cc(Cl)c(NC2c3ncccc3C(=O)N2c2ccc(C)cc2)c(OC)c1. The van der Waals surface area contributed by atoms with Crippen LogP contribution < -0.4 is 19.7 Å². The third-order valence-corrected chi connectivity index (χ3v) is 5.18. The van der Waals surface area contributed by atoms with Crippen molar-refractivity contribution in [2.75, 3.05) is 24.4 Å². The molecule has 1 aliphatic rings. The van der Waals surface area contributed by atoms with Gasteiger partial charge in [0, 0.05) is 24.0 Å². The molecule has 4 rings (SSSR count). The maximum Gasteiger partial charge on any atom is 0.262 e. The van der Waals surface area contributed by atoms with Crippen LogP contribution in [0.1, 0.15) is 27.8 Å². The number of halogens is 1. The van der Waals surface area contributed by atoms with Crippen molar-refractivity contribution < 1.29 is 14.3 Å². The standard InChI is InChI=1S/C22H20ClN3O3/c1-13-6-8-14(9-7-13)26-21(19-16(22(26)27)5-4-10-24-19)25-20-17(23)11-15(28-2)12-18(20)29-3/h4-12,21,25H,1-3H3. The Morgan fingerprint density at radius 1 is 1.10 bits per heavy atom. The first-order valence-corrected chi connectivity index (χ1v) is 9.44. The molecular weight excluding hydrogens is 390 g/mol. The zero-order valence-corrected chi connectivity index (χ0v) is 17.0. The number of amides is 1. The lowest BCUT2D eigenvalue weighted by atomic mass is 10.2. The number of carbonyl (C=O) groups excluding carboxylic acids is 1. The summed E-state index contributed by atoms with van der Waals surface area (Å²) in [6.07, 6.45) is 1.13. The molecule has 0 saturated carbocycles. The highest BCUT2D eigenvalue weighted by Crippen LogP contribution is 2.42. The van der Waals surface area contributed by atoms with E-state index in [2.05, 4.69) is 10.3 Å². The quantitative estimate of drug-likeness (QED) is 0.653. The number of carbonyl (C=O) groups is 1. The van der Waals surface area contributed by atoms with Gasteiger partial charge in [0.25, 0.3) is 5.91 Å². The maximum absolute atomic E-state index is 13.2. The third kappa shape index (κ3) is 3.36. The number of aromatic nitrogens is 1. The molecule has 0 saturated heterocycles. The second-order valence-corrected chi connectivity index (χ2v) is 7.09. The van der Waals surface area contributed by atoms with E-state index in [1.165, 1.54) is 0 Å². The normalized spacial score (nSPS) is 15.2. The number of fused-ring (bicyclic) bond motifs is 1. The lowest BCUT2D eigenvalue weighted by molar-refractivity contribution is 0.0993. The fraction of sp³-hybridized carbons (Fsp3) is 0.182. The molecule has 1 aromatic heterocycles. The van der Waals surface area contributed by atoms with Crippen molar-refractivity contribution >= 4 is 28.9 Å². The van der Waals surface area contributed by atoms with Crippen LogP contribution in [0.4, 0.5) is 11.4 Å². The Morgan fingerprint density at radius 2 is 1.86 bits per heavy atom. The van der Waals surface area contributed by atoms with E-state index in [4.69, 9.17) is 21.1 Å². The highest BCUT2D eigenvalue weighted by Gasteiger charge is 2.39. The molecule has 6 nitrogen and oxygen atoms in total. The van der Waals surface area contributed by atoms with Crippen LogP contribution in [-0.2, 0) is 0 Å². The van der Waals surface area contributed by atoms with Crippen LogP contribution >= 0.6 is 11.6 Å². The maximum atomic E-state index is 13.2. The van der Waals surface area contributed by atoms with E-state index in [1.54, 1.807) is 49.6 Å². The van der Waals surface area contributed by atoms with Gasteiger partial charge >= 0.3 is 0 Å². The summed E-state index contributed by atoms with van der Waals surface area (Å²) >= 11 is 6.50. The number of rotatable bonds is 5. The number of hydrogen-bond acceptors (Lipinski definition) is 5. The molecule has 1 N–H and O–H groups in total. The molecule has 2 aromatic carbocycles. The number of benzene rings is 2. The minimum Gasteiger partial charge on any atom is -0.497 e. The number of nitrogens with one attached hydrogen (secondary N) is 1. The van der Waals surface area contributed by atoms with Gasteiger partial charge in [-0.3, -0.25) is 14.7 Å². The number of pyridine rings is 1. The first-order chi connectivity index (χ1) is 14.0. The van der Waals surface area contributed by atoms with Crippen LogP contribution in [0.3, 0.4) is 0 Å². The second kappa shape index (κ2) is 7.64. The lowest BCUT2D eigenvalue weighted by Gasteiger charge is -2.28. The molecule has 1 aliphatic heterocycles. The number of hydrogen-bond donors (Lipinski definition) is 1. The summed E-state index contributed by atoms with van der Waals surface area (Å²) in [5, 5.41) is 3.78. The highest BCUT2D eigenvalue weighted by atomic mass is 35.5. The van der Waals surface area contributed by atoms with Gasteiger partial charge in [0.05, 0.1) is 36.2 Å². The molecule has 0 bridgehead atoms. The molecule has 0 spiro atoms. The summed E-state index contributed by atoms with van der Waals surface area (Å²) < 4.78 is 10.8. The number of ether oxygens (including phenoxy) is 2. The Kier molecular flexibility index (Phi) is 5.03. The average Bonchev–Trinajstić information content (AvgIpc) is 3.02. The number of anilines is 2. The summed E-state index contributed by atoms with van der Waals surface area (Å²) in [4.78, 5) is 19.3. The van der Waals surface area contributed by atoms with E-state index in [9.17, 15) is 4.79 Å². The second-order valence-electron chi connectivity index (χ2n) is 6.68. The summed E-state index contributed by atoms with van der Waals surface area (Å²) in [7, 11) is 3.12. The van der Waals surface area contributed by atoms with Crippen molar-refractivity contribution in [1.29, 1.82) is 0 Å². The Morgan fingerprint density at radius 3 is 2.55 bits per heavy atom. The van der Waals surface area contributed by atoms with E-state index in [0.29, 0.717) is 33.5 Å². The van der Waals surface area contributed by atoms with E-state index in [-0.39, 0.29) is 5.91 Å². The van der Waals surface area contributed by atoms with Crippen LogP contribution in [0, 0.1) is 6.92 Å². The van der Waals surface area contributed by atoms with Crippen LogP contribution in [0.2, 0.25) is 5.02 Å². The Hall–Kier alpha value is -3.25. The minimum absolute atomic E-state index is 0.127. The molecule has 0 radical (unpaired) electrons. The Balaban J connectivity index is 1.81. The molecular formula is C22H20ClN3O3. The summed E-state index contributed by atoms with van der Waals surface area (Å²) in [6, 6.07) is 14.7. The van der Waals surface area contributed by atoms with E-state index < -0.39 is 6.17 Å². The van der Waals surface area contributed by atoms with E-state index in [0.717, 1.165) is 11.3 Å². The van der Waals surface area contributed by atoms with Gasteiger partial charge in [0.1, 0.15) is 11.5 Å². The smallest absolute Gasteiger partial charge is 0.262 e. The largest absolute Gasteiger partial charge is 0.497 e. The van der Waals surface area contributed by atoms with Gasteiger partial charge in [-0.25, -0.2) is 0 Å². The van der Waals surface area contributed by atoms with Crippen molar-refractivity contribution in [3.05, 3.63) is 76.6 Å². The van der Waals surface area contributed by atoms with Crippen LogP contribution in [0.5, 0.6) is 11.5 Å². The molecule has 1 amide bonds. The van der Waals surface area contributed by atoms with Gasteiger partial charge in [-0.15, -0.1) is 0 Å². The van der Waals surface area contributed by atoms with Crippen molar-refractivity contribution in [1.82, 2.24) is 4.98 Å². The van der Waals surface area contributed by atoms with Crippen molar-refractivity contribution in [3.63, 3.8) is 0 Å². The topological polar surface area (TPSA) is 63.7 Å². The first kappa shape index (κ1) is 19.1. The fourth-order valence-corrected chi connectivity index (χ4v) is 3.66. The number of methoxy groups -OCH3 is 2. The van der Waals surface area contributed by atoms with Crippen LogP contribution in [0.25, 0.3) is 0 Å². The summed E-state index contributed by atoms with van der Waals surface area (Å²) in [5.74, 6) is 0.960. The van der Waals surface area contributed by atoms with Crippen LogP contribution in [0.15, 0.2) is 54.7 Å². The van der Waals surface area contributed by atoms with Gasteiger partial charge in [0.2, 0.25) is 0 Å². The number of aryl methyl sites for hydroxylation is 1. The van der Waals surface area contributed by atoms with Gasteiger partial charge in [-0.05, 0) is 31.2 Å². The number of nitrogens with zero attached hydrogens (tertiary/aromatic N) is 2. The van der Waals surface area contributed by atoms with Gasteiger partial charge in [0.15, 0.2) is 6.17 Å². The molecule has 29 heavy (non-hydrogen) atoms.